The third-order valence-corrected chi connectivity index (χ3v) is 2.76. The van der Waals surface area contributed by atoms with Crippen LogP contribution in [0.1, 0.15) is 12.5 Å². The van der Waals surface area contributed by atoms with Crippen molar-refractivity contribution in [3.8, 4) is 17.1 Å². The number of nitrogens with one attached hydrogen (secondary N) is 1. The minimum Gasteiger partial charge on any atom is -0.497 e. The lowest BCUT2D eigenvalue weighted by Crippen LogP contribution is -2.17. The number of anilines is 1. The lowest BCUT2D eigenvalue weighted by Gasteiger charge is -2.06. The van der Waals surface area contributed by atoms with E-state index in [1.54, 1.807) is 19.2 Å². The summed E-state index contributed by atoms with van der Waals surface area (Å²) in [4.78, 5) is 18.7. The fraction of sp³-hybridized carbons (Fsp3) is 0.231. The highest BCUT2D eigenvalue weighted by atomic mass is 16.5. The molecule has 0 saturated heterocycles. The van der Waals surface area contributed by atoms with Crippen molar-refractivity contribution in [1.29, 1.82) is 0 Å². The van der Waals surface area contributed by atoms with E-state index in [1.807, 2.05) is 19.1 Å². The first kappa shape index (κ1) is 12.2. The first-order chi connectivity index (χ1) is 8.65. The molecule has 0 unspecified atom stereocenters. The van der Waals surface area contributed by atoms with Crippen LogP contribution in [0, 0.1) is 0 Å². The van der Waals surface area contributed by atoms with E-state index in [4.69, 9.17) is 10.5 Å². The maximum absolute atomic E-state index is 11.8. The number of nitrogens with zero attached hydrogens (tertiary/aromatic N) is 1. The number of nitrogen functional groups attached to an aromatic ring is 1. The van der Waals surface area contributed by atoms with Gasteiger partial charge in [0.25, 0.3) is 5.56 Å². The number of aromatic nitrogens is 2. The molecule has 0 fully saturated rings. The average Bonchev–Trinajstić information content (AvgIpc) is 2.38. The Morgan fingerprint density at radius 2 is 2.00 bits per heavy atom. The predicted octanol–water partition coefficient (Wildman–Crippen LogP) is 1.59. The molecule has 94 valence electrons. The van der Waals surface area contributed by atoms with Crippen LogP contribution in [0.4, 0.5) is 5.82 Å². The van der Waals surface area contributed by atoms with Crippen LogP contribution in [0.2, 0.25) is 0 Å². The molecular formula is C13H15N3O2. The summed E-state index contributed by atoms with van der Waals surface area (Å²) in [5.74, 6) is 1.50. The molecule has 0 bridgehead atoms. The van der Waals surface area contributed by atoms with Crippen LogP contribution in [-0.2, 0) is 6.42 Å². The molecule has 3 N–H and O–H groups in total. The van der Waals surface area contributed by atoms with E-state index in [9.17, 15) is 4.79 Å². The van der Waals surface area contributed by atoms with Gasteiger partial charge in [-0.05, 0) is 30.7 Å². The van der Waals surface area contributed by atoms with Crippen LogP contribution < -0.4 is 16.0 Å². The third kappa shape index (κ3) is 2.20. The molecule has 2 aromatic rings. The molecule has 5 nitrogen and oxygen atoms in total. The number of methoxy groups -OCH3 is 1. The van der Waals surface area contributed by atoms with Crippen molar-refractivity contribution >= 4 is 5.82 Å². The third-order valence-electron chi connectivity index (χ3n) is 2.76. The fourth-order valence-electron chi connectivity index (χ4n) is 1.74. The first-order valence-corrected chi connectivity index (χ1v) is 5.68. The van der Waals surface area contributed by atoms with Gasteiger partial charge in [-0.25, -0.2) is 4.98 Å². The zero-order valence-corrected chi connectivity index (χ0v) is 10.4. The van der Waals surface area contributed by atoms with Crippen LogP contribution in [0.3, 0.4) is 0 Å². The van der Waals surface area contributed by atoms with Gasteiger partial charge in [0.1, 0.15) is 17.4 Å². The van der Waals surface area contributed by atoms with Crippen molar-refractivity contribution in [3.63, 3.8) is 0 Å². The van der Waals surface area contributed by atoms with Gasteiger partial charge in [0.05, 0.1) is 12.7 Å². The quantitative estimate of drug-likeness (QED) is 0.860. The van der Waals surface area contributed by atoms with Crippen molar-refractivity contribution in [3.05, 3.63) is 40.2 Å². The number of nitrogens with two attached hydrogens (primary N) is 1. The van der Waals surface area contributed by atoms with Gasteiger partial charge in [0, 0.05) is 5.56 Å². The molecule has 1 heterocycles. The SMILES string of the molecule is CCc1c(N)nc(-c2ccc(OC)cc2)[nH]c1=O. The monoisotopic (exact) mass is 245 g/mol. The van der Waals surface area contributed by atoms with Crippen molar-refractivity contribution in [2.45, 2.75) is 13.3 Å². The minimum atomic E-state index is -0.184. The molecule has 0 amide bonds. The molecule has 5 heteroatoms. The van der Waals surface area contributed by atoms with Gasteiger partial charge in [-0.3, -0.25) is 4.79 Å². The number of hydrogen-bond donors (Lipinski definition) is 2. The first-order valence-electron chi connectivity index (χ1n) is 5.68. The second-order valence-corrected chi connectivity index (χ2v) is 3.86. The molecule has 18 heavy (non-hydrogen) atoms. The van der Waals surface area contributed by atoms with E-state index in [0.717, 1.165) is 11.3 Å². The highest BCUT2D eigenvalue weighted by molar-refractivity contribution is 5.58. The van der Waals surface area contributed by atoms with Gasteiger partial charge in [-0.2, -0.15) is 0 Å². The summed E-state index contributed by atoms with van der Waals surface area (Å²) in [5, 5.41) is 0. The Balaban J connectivity index is 2.47. The van der Waals surface area contributed by atoms with Gasteiger partial charge in [0.15, 0.2) is 0 Å². The molecule has 0 saturated carbocycles. The second kappa shape index (κ2) is 4.91. The Labute approximate surface area is 105 Å². The van der Waals surface area contributed by atoms with E-state index in [0.29, 0.717) is 17.8 Å². The summed E-state index contributed by atoms with van der Waals surface area (Å²) in [7, 11) is 1.60. The van der Waals surface area contributed by atoms with E-state index in [1.165, 1.54) is 0 Å². The topological polar surface area (TPSA) is 81.0 Å². The zero-order valence-electron chi connectivity index (χ0n) is 10.4. The number of benzene rings is 1. The number of ether oxygens (including phenoxy) is 1. The summed E-state index contributed by atoms with van der Waals surface area (Å²) in [5.41, 5.74) is 6.90. The highest BCUT2D eigenvalue weighted by Crippen LogP contribution is 2.19. The molecule has 0 spiro atoms. The Morgan fingerprint density at radius 1 is 1.33 bits per heavy atom. The largest absolute Gasteiger partial charge is 0.497 e. The van der Waals surface area contributed by atoms with E-state index < -0.39 is 0 Å². The number of H-pyrrole nitrogens is 1. The van der Waals surface area contributed by atoms with Gasteiger partial charge < -0.3 is 15.5 Å². The molecule has 0 atom stereocenters. The minimum absolute atomic E-state index is 0.184. The Hall–Kier alpha value is -2.30. The zero-order chi connectivity index (χ0) is 13.1. The van der Waals surface area contributed by atoms with Gasteiger partial charge in [-0.15, -0.1) is 0 Å². The van der Waals surface area contributed by atoms with E-state index in [2.05, 4.69) is 9.97 Å². The lowest BCUT2D eigenvalue weighted by molar-refractivity contribution is 0.415. The molecule has 0 aliphatic heterocycles. The predicted molar refractivity (Wildman–Crippen MR) is 70.6 cm³/mol. The van der Waals surface area contributed by atoms with Crippen LogP contribution in [0.5, 0.6) is 5.75 Å². The maximum atomic E-state index is 11.8. The van der Waals surface area contributed by atoms with Gasteiger partial charge in [-0.1, -0.05) is 6.92 Å². The van der Waals surface area contributed by atoms with Gasteiger partial charge >= 0.3 is 0 Å². The molecule has 0 aliphatic carbocycles. The van der Waals surface area contributed by atoms with Crippen molar-refractivity contribution in [1.82, 2.24) is 9.97 Å². The molecule has 0 aliphatic rings. The second-order valence-electron chi connectivity index (χ2n) is 3.86. The van der Waals surface area contributed by atoms with Crippen molar-refractivity contribution < 1.29 is 4.74 Å². The van der Waals surface area contributed by atoms with Crippen molar-refractivity contribution in [2.75, 3.05) is 12.8 Å². The normalized spacial score (nSPS) is 10.3. The average molecular weight is 245 g/mol. The van der Waals surface area contributed by atoms with Crippen LogP contribution in [0.15, 0.2) is 29.1 Å². The molecule has 1 aromatic carbocycles. The van der Waals surface area contributed by atoms with Crippen LogP contribution in [-0.4, -0.2) is 17.1 Å². The number of aromatic amines is 1. The van der Waals surface area contributed by atoms with E-state index >= 15 is 0 Å². The number of rotatable bonds is 3. The highest BCUT2D eigenvalue weighted by Gasteiger charge is 2.08. The molecule has 0 radical (unpaired) electrons. The summed E-state index contributed by atoms with van der Waals surface area (Å²) in [6.45, 7) is 1.87. The standard InChI is InChI=1S/C13H15N3O2/c1-3-10-11(14)15-12(16-13(10)17)8-4-6-9(18-2)7-5-8/h4-7H,3H2,1-2H3,(H3,14,15,16,17). The smallest absolute Gasteiger partial charge is 0.256 e. The molecule has 2 rings (SSSR count). The number of hydrogen-bond acceptors (Lipinski definition) is 4. The summed E-state index contributed by atoms with van der Waals surface area (Å²) in [6.07, 6.45) is 0.567. The van der Waals surface area contributed by atoms with Gasteiger partial charge in [0.2, 0.25) is 0 Å². The summed E-state index contributed by atoms with van der Waals surface area (Å²) < 4.78 is 5.07. The summed E-state index contributed by atoms with van der Waals surface area (Å²) >= 11 is 0. The Bertz CT molecular complexity index is 603. The molecular weight excluding hydrogens is 230 g/mol. The maximum Gasteiger partial charge on any atom is 0.256 e. The fourth-order valence-corrected chi connectivity index (χ4v) is 1.74. The molecule has 1 aromatic heterocycles. The Kier molecular flexibility index (Phi) is 3.32. The van der Waals surface area contributed by atoms with Crippen molar-refractivity contribution in [2.24, 2.45) is 0 Å². The van der Waals surface area contributed by atoms with E-state index in [-0.39, 0.29) is 11.4 Å². The van der Waals surface area contributed by atoms with Crippen LogP contribution >= 0.6 is 0 Å². The van der Waals surface area contributed by atoms with Crippen LogP contribution in [0.25, 0.3) is 11.4 Å². The Morgan fingerprint density at radius 3 is 2.50 bits per heavy atom. The summed E-state index contributed by atoms with van der Waals surface area (Å²) in [6, 6.07) is 7.25. The lowest BCUT2D eigenvalue weighted by atomic mass is 10.2.